The van der Waals surface area contributed by atoms with Gasteiger partial charge in [0, 0.05) is 17.1 Å². The zero-order chi connectivity index (χ0) is 11.2. The molecule has 15 heavy (non-hydrogen) atoms. The van der Waals surface area contributed by atoms with Crippen LogP contribution in [0.4, 0.5) is 0 Å². The number of benzene rings is 1. The number of Topliss-reactive ketones (excluding diaryl/α,β-unsaturated/α-hetero) is 1. The van der Waals surface area contributed by atoms with Crippen LogP contribution >= 0.6 is 15.9 Å². The lowest BCUT2D eigenvalue weighted by Gasteiger charge is -2.01. The lowest BCUT2D eigenvalue weighted by Crippen LogP contribution is -2.11. The van der Waals surface area contributed by atoms with Crippen molar-refractivity contribution in [2.75, 3.05) is 0 Å². The van der Waals surface area contributed by atoms with Gasteiger partial charge in [0.25, 0.3) is 0 Å². The summed E-state index contributed by atoms with van der Waals surface area (Å²) in [6.07, 6.45) is 0. The molecule has 4 nitrogen and oxygen atoms in total. The zero-order valence-corrected chi connectivity index (χ0v) is 9.88. The molecule has 0 saturated heterocycles. The summed E-state index contributed by atoms with van der Waals surface area (Å²) in [6, 6.07) is 3.45. The molecule has 2 aromatic rings. The van der Waals surface area contributed by atoms with Crippen LogP contribution in [0.5, 0.6) is 0 Å². The third kappa shape index (κ3) is 1.52. The van der Waals surface area contributed by atoms with E-state index in [-0.39, 0.29) is 11.5 Å². The molecular formula is C10H9BrN2O2. The van der Waals surface area contributed by atoms with E-state index in [0.29, 0.717) is 10.0 Å². The van der Waals surface area contributed by atoms with Crippen LogP contribution in [0, 0.1) is 0 Å². The van der Waals surface area contributed by atoms with E-state index in [1.807, 2.05) is 0 Å². The van der Waals surface area contributed by atoms with Crippen molar-refractivity contribution in [3.8, 4) is 0 Å². The van der Waals surface area contributed by atoms with E-state index < -0.39 is 0 Å². The number of fused-ring (bicyclic) bond motifs is 1. The molecule has 0 bridgehead atoms. The van der Waals surface area contributed by atoms with E-state index in [1.165, 1.54) is 11.5 Å². The highest BCUT2D eigenvalue weighted by Gasteiger charge is 2.10. The molecule has 1 heterocycles. The smallest absolute Gasteiger partial charge is 0.306 e. The normalized spacial score (nSPS) is 10.9. The molecule has 0 amide bonds. The van der Waals surface area contributed by atoms with Crippen molar-refractivity contribution >= 4 is 32.7 Å². The van der Waals surface area contributed by atoms with Gasteiger partial charge in [-0.3, -0.25) is 9.36 Å². The molecule has 0 fully saturated rings. The standard InChI is InChI=1S/C10H9BrN2O2/c1-5(14)6-3-9-8(4-7(6)11)12-10(15)13(9)2/h3-4H,1-2H3,(H,12,15). The number of aromatic amines is 1. The first-order valence-electron chi connectivity index (χ1n) is 4.40. The second kappa shape index (κ2) is 3.34. The second-order valence-corrected chi connectivity index (χ2v) is 4.25. The van der Waals surface area contributed by atoms with Crippen molar-refractivity contribution in [3.63, 3.8) is 0 Å². The zero-order valence-electron chi connectivity index (χ0n) is 8.30. The summed E-state index contributed by atoms with van der Waals surface area (Å²) in [5.41, 5.74) is 1.85. The molecule has 0 spiro atoms. The maximum atomic E-state index is 11.3. The number of nitrogens with zero attached hydrogens (tertiary/aromatic N) is 1. The number of halogens is 1. The predicted molar refractivity (Wildman–Crippen MR) is 61.2 cm³/mol. The van der Waals surface area contributed by atoms with E-state index in [4.69, 9.17) is 0 Å². The fourth-order valence-electron chi connectivity index (χ4n) is 1.52. The van der Waals surface area contributed by atoms with Crippen molar-refractivity contribution in [3.05, 3.63) is 32.7 Å². The number of ketones is 1. The summed E-state index contributed by atoms with van der Waals surface area (Å²) in [7, 11) is 1.67. The molecule has 0 saturated carbocycles. The van der Waals surface area contributed by atoms with Crippen LogP contribution in [0.3, 0.4) is 0 Å². The predicted octanol–water partition coefficient (Wildman–Crippen LogP) is 1.83. The summed E-state index contributed by atoms with van der Waals surface area (Å²) in [5.74, 6) is -0.0302. The van der Waals surface area contributed by atoms with Crippen LogP contribution in [-0.4, -0.2) is 15.3 Å². The molecular weight excluding hydrogens is 260 g/mol. The van der Waals surface area contributed by atoms with Crippen LogP contribution in [0.25, 0.3) is 11.0 Å². The summed E-state index contributed by atoms with van der Waals surface area (Å²) >= 11 is 3.30. The van der Waals surface area contributed by atoms with Gasteiger partial charge in [-0.1, -0.05) is 0 Å². The van der Waals surface area contributed by atoms with Crippen LogP contribution in [0.15, 0.2) is 21.4 Å². The van der Waals surface area contributed by atoms with Crippen molar-refractivity contribution in [1.29, 1.82) is 0 Å². The monoisotopic (exact) mass is 268 g/mol. The van der Waals surface area contributed by atoms with Gasteiger partial charge in [0.2, 0.25) is 0 Å². The quantitative estimate of drug-likeness (QED) is 0.803. The van der Waals surface area contributed by atoms with Gasteiger partial charge in [-0.25, -0.2) is 4.79 Å². The number of H-pyrrole nitrogens is 1. The minimum Gasteiger partial charge on any atom is -0.306 e. The Hall–Kier alpha value is -1.36. The number of carbonyl (C=O) groups is 1. The Morgan fingerprint density at radius 3 is 2.73 bits per heavy atom. The summed E-state index contributed by atoms with van der Waals surface area (Å²) in [6.45, 7) is 1.50. The molecule has 0 aliphatic rings. The molecule has 0 radical (unpaired) electrons. The van der Waals surface area contributed by atoms with Crippen LogP contribution in [0.2, 0.25) is 0 Å². The first-order valence-corrected chi connectivity index (χ1v) is 5.19. The largest absolute Gasteiger partial charge is 0.326 e. The number of hydrogen-bond acceptors (Lipinski definition) is 2. The van der Waals surface area contributed by atoms with Gasteiger partial charge < -0.3 is 4.98 Å². The van der Waals surface area contributed by atoms with Crippen LogP contribution < -0.4 is 5.69 Å². The van der Waals surface area contributed by atoms with Gasteiger partial charge in [0.1, 0.15) is 0 Å². The number of carbonyl (C=O) groups excluding carboxylic acids is 1. The number of hydrogen-bond donors (Lipinski definition) is 1. The lowest BCUT2D eigenvalue weighted by atomic mass is 10.1. The molecule has 1 aromatic heterocycles. The summed E-state index contributed by atoms with van der Waals surface area (Å²) in [4.78, 5) is 25.3. The maximum Gasteiger partial charge on any atom is 0.326 e. The Kier molecular flexibility index (Phi) is 2.26. The highest BCUT2D eigenvalue weighted by atomic mass is 79.9. The lowest BCUT2D eigenvalue weighted by molar-refractivity contribution is 0.101. The van der Waals surface area contributed by atoms with Crippen LogP contribution in [0.1, 0.15) is 17.3 Å². The van der Waals surface area contributed by atoms with Crippen molar-refractivity contribution in [1.82, 2.24) is 9.55 Å². The summed E-state index contributed by atoms with van der Waals surface area (Å²) in [5, 5.41) is 0. The van der Waals surface area contributed by atoms with Gasteiger partial charge in [0.05, 0.1) is 11.0 Å². The fourth-order valence-corrected chi connectivity index (χ4v) is 2.14. The maximum absolute atomic E-state index is 11.3. The Labute approximate surface area is 94.0 Å². The first kappa shape index (κ1) is 10.2. The molecule has 2 rings (SSSR count). The van der Waals surface area contributed by atoms with Gasteiger partial charge in [-0.05, 0) is 35.0 Å². The first-order chi connectivity index (χ1) is 7.00. The van der Waals surface area contributed by atoms with E-state index in [9.17, 15) is 9.59 Å². The highest BCUT2D eigenvalue weighted by molar-refractivity contribution is 9.10. The fraction of sp³-hybridized carbons (Fsp3) is 0.200. The average molecular weight is 269 g/mol. The van der Waals surface area contributed by atoms with Crippen molar-refractivity contribution in [2.45, 2.75) is 6.92 Å². The van der Waals surface area contributed by atoms with Crippen LogP contribution in [-0.2, 0) is 7.05 Å². The topological polar surface area (TPSA) is 54.9 Å². The van der Waals surface area contributed by atoms with Gasteiger partial charge in [-0.2, -0.15) is 0 Å². The minimum absolute atomic E-state index is 0.0302. The molecule has 5 heteroatoms. The summed E-state index contributed by atoms with van der Waals surface area (Å²) < 4.78 is 2.18. The molecule has 0 unspecified atom stereocenters. The number of aryl methyl sites for hydroxylation is 1. The third-order valence-electron chi connectivity index (χ3n) is 2.37. The van der Waals surface area contributed by atoms with E-state index >= 15 is 0 Å². The molecule has 1 aromatic carbocycles. The Bertz CT molecular complexity index is 610. The van der Waals surface area contributed by atoms with E-state index in [0.717, 1.165) is 11.0 Å². The molecule has 1 N–H and O–H groups in total. The molecule has 0 atom stereocenters. The van der Waals surface area contributed by atoms with Gasteiger partial charge in [0.15, 0.2) is 5.78 Å². The Morgan fingerprint density at radius 2 is 2.13 bits per heavy atom. The average Bonchev–Trinajstić information content (AvgIpc) is 2.41. The number of rotatable bonds is 1. The highest BCUT2D eigenvalue weighted by Crippen LogP contribution is 2.22. The molecule has 78 valence electrons. The Balaban J connectivity index is 2.89. The SMILES string of the molecule is CC(=O)c1cc2c(cc1Br)[nH]c(=O)n2C. The van der Waals surface area contributed by atoms with Crippen molar-refractivity contribution < 1.29 is 4.79 Å². The number of aromatic nitrogens is 2. The third-order valence-corrected chi connectivity index (χ3v) is 3.03. The van der Waals surface area contributed by atoms with Gasteiger partial charge in [-0.15, -0.1) is 0 Å². The number of nitrogens with one attached hydrogen (secondary N) is 1. The van der Waals surface area contributed by atoms with E-state index in [2.05, 4.69) is 20.9 Å². The Morgan fingerprint density at radius 1 is 1.47 bits per heavy atom. The van der Waals surface area contributed by atoms with Gasteiger partial charge >= 0.3 is 5.69 Å². The molecule has 0 aliphatic carbocycles. The molecule has 0 aliphatic heterocycles. The number of imidazole rings is 1. The van der Waals surface area contributed by atoms with E-state index in [1.54, 1.807) is 19.2 Å². The minimum atomic E-state index is -0.183. The van der Waals surface area contributed by atoms with Crippen molar-refractivity contribution in [2.24, 2.45) is 7.05 Å². The second-order valence-electron chi connectivity index (χ2n) is 3.39.